The zero-order valence-corrected chi connectivity index (χ0v) is 11.3. The number of rotatable bonds is 4. The Morgan fingerprint density at radius 1 is 1.39 bits per heavy atom. The molecule has 0 saturated heterocycles. The number of carbonyl (C=O) groups excluding carboxylic acids is 2. The maximum Gasteiger partial charge on any atom is 0.321 e. The molecule has 0 heterocycles. The monoisotopic (exact) mass is 267 g/mol. The molecule has 0 saturated carbocycles. The molecule has 6 heteroatoms. The van der Waals surface area contributed by atoms with Crippen molar-refractivity contribution in [2.24, 2.45) is 0 Å². The molecular formula is C12H17N3O2S. The molecular weight excluding hydrogens is 250 g/mol. The summed E-state index contributed by atoms with van der Waals surface area (Å²) in [4.78, 5) is 23.5. The number of amides is 3. The molecule has 98 valence electrons. The molecule has 3 amide bonds. The van der Waals surface area contributed by atoms with Crippen LogP contribution < -0.4 is 16.4 Å². The second-order valence-corrected chi connectivity index (χ2v) is 4.76. The van der Waals surface area contributed by atoms with Crippen LogP contribution in [0.4, 0.5) is 10.5 Å². The molecule has 18 heavy (non-hydrogen) atoms. The fourth-order valence-corrected chi connectivity index (χ4v) is 2.05. The largest absolute Gasteiger partial charge is 0.399 e. The Morgan fingerprint density at radius 3 is 2.72 bits per heavy atom. The van der Waals surface area contributed by atoms with Gasteiger partial charge in [0.1, 0.15) is 0 Å². The highest BCUT2D eigenvalue weighted by molar-refractivity contribution is 8.00. The van der Waals surface area contributed by atoms with E-state index in [1.165, 1.54) is 11.8 Å². The van der Waals surface area contributed by atoms with Gasteiger partial charge < -0.3 is 11.1 Å². The molecule has 1 aromatic rings. The summed E-state index contributed by atoms with van der Waals surface area (Å²) in [5.41, 5.74) is 7.41. The van der Waals surface area contributed by atoms with Crippen molar-refractivity contribution in [1.29, 1.82) is 0 Å². The average molecular weight is 267 g/mol. The summed E-state index contributed by atoms with van der Waals surface area (Å²) >= 11 is 1.36. The molecule has 0 atom stereocenters. The maximum atomic E-state index is 11.4. The van der Waals surface area contributed by atoms with E-state index >= 15 is 0 Å². The Kier molecular flexibility index (Phi) is 5.51. The van der Waals surface area contributed by atoms with Crippen molar-refractivity contribution in [1.82, 2.24) is 10.6 Å². The predicted octanol–water partition coefficient (Wildman–Crippen LogP) is 1.52. The third-order valence-electron chi connectivity index (χ3n) is 2.20. The topological polar surface area (TPSA) is 84.2 Å². The summed E-state index contributed by atoms with van der Waals surface area (Å²) in [6, 6.07) is 5.11. The number of aryl methyl sites for hydroxylation is 1. The molecule has 0 aliphatic rings. The van der Waals surface area contributed by atoms with E-state index in [4.69, 9.17) is 5.73 Å². The van der Waals surface area contributed by atoms with Gasteiger partial charge >= 0.3 is 6.03 Å². The Hall–Kier alpha value is -1.69. The third-order valence-corrected chi connectivity index (χ3v) is 3.20. The Bertz CT molecular complexity index is 449. The van der Waals surface area contributed by atoms with Gasteiger partial charge in [-0.2, -0.15) is 0 Å². The van der Waals surface area contributed by atoms with Crippen molar-refractivity contribution in [2.45, 2.75) is 18.7 Å². The SMILES string of the molecule is CCNC(=O)NC(=O)CSc1ccc(N)c(C)c1. The summed E-state index contributed by atoms with van der Waals surface area (Å²) in [7, 11) is 0. The number of imide groups is 1. The van der Waals surface area contributed by atoms with Crippen molar-refractivity contribution in [3.05, 3.63) is 23.8 Å². The summed E-state index contributed by atoms with van der Waals surface area (Å²) in [6.07, 6.45) is 0. The number of nitrogens with one attached hydrogen (secondary N) is 2. The lowest BCUT2D eigenvalue weighted by Gasteiger charge is -2.06. The molecule has 0 radical (unpaired) electrons. The van der Waals surface area contributed by atoms with E-state index in [1.54, 1.807) is 13.0 Å². The van der Waals surface area contributed by atoms with Crippen molar-refractivity contribution in [3.63, 3.8) is 0 Å². The van der Waals surface area contributed by atoms with E-state index in [0.717, 1.165) is 16.1 Å². The number of nitrogens with two attached hydrogens (primary N) is 1. The summed E-state index contributed by atoms with van der Waals surface area (Å²) in [6.45, 7) is 4.19. The van der Waals surface area contributed by atoms with E-state index in [2.05, 4.69) is 10.6 Å². The lowest BCUT2D eigenvalue weighted by molar-refractivity contribution is -0.117. The fraction of sp³-hybridized carbons (Fsp3) is 0.333. The molecule has 0 aromatic heterocycles. The van der Waals surface area contributed by atoms with Gasteiger partial charge in [0.05, 0.1) is 5.75 Å². The quantitative estimate of drug-likeness (QED) is 0.570. The Labute approximate surface area is 111 Å². The maximum absolute atomic E-state index is 11.4. The van der Waals surface area contributed by atoms with Crippen LogP contribution in [0, 0.1) is 6.92 Å². The number of thioether (sulfide) groups is 1. The first kappa shape index (κ1) is 14.4. The zero-order chi connectivity index (χ0) is 13.5. The van der Waals surface area contributed by atoms with E-state index in [9.17, 15) is 9.59 Å². The van der Waals surface area contributed by atoms with Gasteiger partial charge in [-0.15, -0.1) is 11.8 Å². The van der Waals surface area contributed by atoms with E-state index in [1.807, 2.05) is 19.1 Å². The Balaban J connectivity index is 2.42. The van der Waals surface area contributed by atoms with E-state index in [0.29, 0.717) is 6.54 Å². The first-order chi connectivity index (χ1) is 8.52. The number of benzene rings is 1. The summed E-state index contributed by atoms with van der Waals surface area (Å²) in [5.74, 6) is -0.124. The number of urea groups is 1. The van der Waals surface area contributed by atoms with Gasteiger partial charge in [0.15, 0.2) is 0 Å². The average Bonchev–Trinajstić information content (AvgIpc) is 2.31. The zero-order valence-electron chi connectivity index (χ0n) is 10.4. The minimum Gasteiger partial charge on any atom is -0.399 e. The molecule has 1 aromatic carbocycles. The molecule has 0 unspecified atom stereocenters. The first-order valence-electron chi connectivity index (χ1n) is 5.59. The van der Waals surface area contributed by atoms with Crippen LogP contribution in [0.2, 0.25) is 0 Å². The highest BCUT2D eigenvalue weighted by Gasteiger charge is 2.07. The standard InChI is InChI=1S/C12H17N3O2S/c1-3-14-12(17)15-11(16)7-18-9-4-5-10(13)8(2)6-9/h4-6H,3,7,13H2,1-2H3,(H2,14,15,16,17). The van der Waals surface area contributed by atoms with Crippen LogP contribution in [-0.2, 0) is 4.79 Å². The molecule has 1 rings (SSSR count). The van der Waals surface area contributed by atoms with Crippen LogP contribution in [0.3, 0.4) is 0 Å². The van der Waals surface area contributed by atoms with Crippen LogP contribution in [0.25, 0.3) is 0 Å². The number of nitrogen functional groups attached to an aromatic ring is 1. The van der Waals surface area contributed by atoms with Crippen LogP contribution >= 0.6 is 11.8 Å². The second-order valence-electron chi connectivity index (χ2n) is 3.71. The van der Waals surface area contributed by atoms with Gasteiger partial charge in [-0.3, -0.25) is 10.1 Å². The lowest BCUT2D eigenvalue weighted by Crippen LogP contribution is -2.40. The number of hydrogen-bond acceptors (Lipinski definition) is 4. The van der Waals surface area contributed by atoms with Crippen LogP contribution in [0.5, 0.6) is 0 Å². The summed E-state index contributed by atoms with van der Waals surface area (Å²) in [5, 5.41) is 4.74. The highest BCUT2D eigenvalue weighted by Crippen LogP contribution is 2.22. The smallest absolute Gasteiger partial charge is 0.321 e. The molecule has 0 bridgehead atoms. The van der Waals surface area contributed by atoms with Crippen molar-refractivity contribution >= 4 is 29.4 Å². The second kappa shape index (κ2) is 6.90. The van der Waals surface area contributed by atoms with Crippen molar-refractivity contribution in [3.8, 4) is 0 Å². The van der Waals surface area contributed by atoms with Crippen molar-refractivity contribution < 1.29 is 9.59 Å². The van der Waals surface area contributed by atoms with Gasteiger partial charge in [0, 0.05) is 17.1 Å². The van der Waals surface area contributed by atoms with Gasteiger partial charge in [-0.1, -0.05) is 0 Å². The first-order valence-corrected chi connectivity index (χ1v) is 6.58. The van der Waals surface area contributed by atoms with Gasteiger partial charge in [-0.25, -0.2) is 4.79 Å². The Morgan fingerprint density at radius 2 is 2.11 bits per heavy atom. The molecule has 0 aliphatic carbocycles. The fourth-order valence-electron chi connectivity index (χ4n) is 1.25. The third kappa shape index (κ3) is 4.67. The van der Waals surface area contributed by atoms with E-state index in [-0.39, 0.29) is 11.7 Å². The number of anilines is 1. The van der Waals surface area contributed by atoms with Gasteiger partial charge in [0.25, 0.3) is 0 Å². The normalized spacial score (nSPS) is 9.89. The number of hydrogen-bond donors (Lipinski definition) is 3. The summed E-state index contributed by atoms with van der Waals surface area (Å²) < 4.78 is 0. The van der Waals surface area contributed by atoms with Gasteiger partial charge in [-0.05, 0) is 37.6 Å². The van der Waals surface area contributed by atoms with Crippen LogP contribution in [0.1, 0.15) is 12.5 Å². The highest BCUT2D eigenvalue weighted by atomic mass is 32.2. The lowest BCUT2D eigenvalue weighted by atomic mass is 10.2. The molecule has 0 spiro atoms. The van der Waals surface area contributed by atoms with Gasteiger partial charge in [0.2, 0.25) is 5.91 Å². The minimum atomic E-state index is -0.461. The molecule has 0 aliphatic heterocycles. The molecule has 4 N–H and O–H groups in total. The van der Waals surface area contributed by atoms with Crippen LogP contribution in [0.15, 0.2) is 23.1 Å². The number of carbonyl (C=O) groups is 2. The predicted molar refractivity (Wildman–Crippen MR) is 73.5 cm³/mol. The van der Waals surface area contributed by atoms with Crippen LogP contribution in [-0.4, -0.2) is 24.2 Å². The molecule has 5 nitrogen and oxygen atoms in total. The van der Waals surface area contributed by atoms with E-state index < -0.39 is 6.03 Å². The van der Waals surface area contributed by atoms with Crippen molar-refractivity contribution in [2.75, 3.05) is 18.0 Å². The molecule has 0 fully saturated rings. The minimum absolute atomic E-state index is 0.195.